The Hall–Kier alpha value is -2.10. The van der Waals surface area contributed by atoms with Crippen molar-refractivity contribution >= 4 is 17.3 Å². The number of β-amino-alcohol motifs (C(OH)–C–C–N with tert-alkyl or cyclic N) is 1. The van der Waals surface area contributed by atoms with Gasteiger partial charge in [-0.15, -0.1) is 0 Å². The standard InChI is InChI=1S/C14H13ClN4O2/c1-8-17-14(21-18-8)13-5-11(20)7-19(13)10-3-2-9(6-16)12(15)4-10/h2-4,11,13,20H,5,7H2,1H3/t11-,13+/m0/s1. The van der Waals surface area contributed by atoms with Crippen LogP contribution in [0.25, 0.3) is 0 Å². The van der Waals surface area contributed by atoms with Crippen LogP contribution in [0.3, 0.4) is 0 Å². The summed E-state index contributed by atoms with van der Waals surface area (Å²) in [5, 5.41) is 23.1. The molecule has 1 N–H and O–H groups in total. The fourth-order valence-electron chi connectivity index (χ4n) is 2.56. The molecule has 0 aliphatic carbocycles. The number of aryl methyl sites for hydroxylation is 1. The van der Waals surface area contributed by atoms with Crippen LogP contribution in [0, 0.1) is 18.3 Å². The Kier molecular flexibility index (Phi) is 3.53. The van der Waals surface area contributed by atoms with Gasteiger partial charge in [-0.3, -0.25) is 0 Å². The third kappa shape index (κ3) is 2.58. The first kappa shape index (κ1) is 13.9. The molecule has 1 aliphatic heterocycles. The summed E-state index contributed by atoms with van der Waals surface area (Å²) in [6.07, 6.45) is 0.0378. The van der Waals surface area contributed by atoms with Crippen LogP contribution >= 0.6 is 11.6 Å². The molecule has 1 aliphatic rings. The Labute approximate surface area is 126 Å². The van der Waals surface area contributed by atoms with E-state index in [0.29, 0.717) is 35.3 Å². The first-order valence-corrected chi connectivity index (χ1v) is 6.91. The van der Waals surface area contributed by atoms with Crippen LogP contribution in [0.15, 0.2) is 22.7 Å². The lowest BCUT2D eigenvalue weighted by Gasteiger charge is -2.24. The molecular formula is C14H13ClN4O2. The van der Waals surface area contributed by atoms with Crippen LogP contribution in [-0.4, -0.2) is 27.9 Å². The highest BCUT2D eigenvalue weighted by Gasteiger charge is 2.36. The van der Waals surface area contributed by atoms with Crippen molar-refractivity contribution in [2.45, 2.75) is 25.5 Å². The first-order valence-electron chi connectivity index (χ1n) is 6.53. The predicted octanol–water partition coefficient (Wildman–Crippen LogP) is 2.22. The van der Waals surface area contributed by atoms with Gasteiger partial charge in [-0.2, -0.15) is 10.2 Å². The minimum atomic E-state index is -0.475. The number of aliphatic hydroxyl groups excluding tert-OH is 1. The number of aliphatic hydroxyl groups is 1. The van der Waals surface area contributed by atoms with E-state index >= 15 is 0 Å². The summed E-state index contributed by atoms with van der Waals surface area (Å²) >= 11 is 6.08. The second-order valence-corrected chi connectivity index (χ2v) is 5.42. The van der Waals surface area contributed by atoms with Gasteiger partial charge in [0.25, 0.3) is 0 Å². The number of aromatic nitrogens is 2. The normalized spacial score (nSPS) is 21.5. The van der Waals surface area contributed by atoms with Crippen LogP contribution < -0.4 is 4.90 Å². The topological polar surface area (TPSA) is 86.2 Å². The number of hydrogen-bond donors (Lipinski definition) is 1. The van der Waals surface area contributed by atoms with E-state index in [1.54, 1.807) is 25.1 Å². The molecule has 0 radical (unpaired) electrons. The van der Waals surface area contributed by atoms with Crippen LogP contribution in [-0.2, 0) is 0 Å². The van der Waals surface area contributed by atoms with Crippen LogP contribution in [0.5, 0.6) is 0 Å². The molecule has 108 valence electrons. The van der Waals surface area contributed by atoms with E-state index in [2.05, 4.69) is 10.1 Å². The largest absolute Gasteiger partial charge is 0.391 e. The zero-order valence-electron chi connectivity index (χ0n) is 11.3. The summed E-state index contributed by atoms with van der Waals surface area (Å²) in [7, 11) is 0. The molecule has 0 amide bonds. The van der Waals surface area contributed by atoms with E-state index in [1.165, 1.54) is 0 Å². The van der Waals surface area contributed by atoms with Gasteiger partial charge in [0.15, 0.2) is 5.82 Å². The Morgan fingerprint density at radius 3 is 2.95 bits per heavy atom. The molecule has 2 aromatic rings. The van der Waals surface area contributed by atoms with Gasteiger partial charge in [0.05, 0.1) is 16.7 Å². The quantitative estimate of drug-likeness (QED) is 0.915. The fraction of sp³-hybridized carbons (Fsp3) is 0.357. The average molecular weight is 305 g/mol. The highest BCUT2D eigenvalue weighted by atomic mass is 35.5. The SMILES string of the molecule is Cc1noc([C@H]2C[C@H](O)CN2c2ccc(C#N)c(Cl)c2)n1. The molecule has 1 aromatic heterocycles. The van der Waals surface area contributed by atoms with Crippen molar-refractivity contribution in [1.29, 1.82) is 5.26 Å². The minimum absolute atomic E-state index is 0.190. The second-order valence-electron chi connectivity index (χ2n) is 5.01. The molecule has 0 saturated carbocycles. The maximum Gasteiger partial charge on any atom is 0.249 e. The number of halogens is 1. The molecule has 2 heterocycles. The van der Waals surface area contributed by atoms with Crippen molar-refractivity contribution < 1.29 is 9.63 Å². The maximum atomic E-state index is 9.95. The first-order chi connectivity index (χ1) is 10.1. The zero-order valence-corrected chi connectivity index (χ0v) is 12.1. The van der Waals surface area contributed by atoms with Gasteiger partial charge in [-0.05, 0) is 25.1 Å². The van der Waals surface area contributed by atoms with Gasteiger partial charge in [0.2, 0.25) is 5.89 Å². The summed E-state index contributed by atoms with van der Waals surface area (Å²) in [6, 6.07) is 7.02. The highest BCUT2D eigenvalue weighted by molar-refractivity contribution is 6.32. The molecule has 7 heteroatoms. The van der Waals surface area contributed by atoms with Crippen molar-refractivity contribution in [2.24, 2.45) is 0 Å². The molecule has 1 aromatic carbocycles. The summed E-state index contributed by atoms with van der Waals surface area (Å²) in [5.41, 5.74) is 1.24. The van der Waals surface area contributed by atoms with Gasteiger partial charge in [-0.25, -0.2) is 0 Å². The predicted molar refractivity (Wildman–Crippen MR) is 75.9 cm³/mol. The van der Waals surface area contributed by atoms with Crippen molar-refractivity contribution in [3.63, 3.8) is 0 Å². The third-order valence-corrected chi connectivity index (χ3v) is 3.82. The fourth-order valence-corrected chi connectivity index (χ4v) is 2.77. The summed E-state index contributed by atoms with van der Waals surface area (Å²) in [4.78, 5) is 6.21. The molecule has 0 unspecified atom stereocenters. The number of nitrogens with zero attached hydrogens (tertiary/aromatic N) is 4. The van der Waals surface area contributed by atoms with E-state index in [1.807, 2.05) is 11.0 Å². The number of hydrogen-bond acceptors (Lipinski definition) is 6. The van der Waals surface area contributed by atoms with E-state index in [-0.39, 0.29) is 6.04 Å². The van der Waals surface area contributed by atoms with Crippen molar-refractivity contribution in [3.8, 4) is 6.07 Å². The molecule has 1 fully saturated rings. The van der Waals surface area contributed by atoms with Gasteiger partial charge in [0.1, 0.15) is 12.1 Å². The molecular weight excluding hydrogens is 292 g/mol. The number of rotatable bonds is 2. The molecule has 6 nitrogen and oxygen atoms in total. The van der Waals surface area contributed by atoms with Gasteiger partial charge >= 0.3 is 0 Å². The highest BCUT2D eigenvalue weighted by Crippen LogP contribution is 2.36. The van der Waals surface area contributed by atoms with E-state index in [0.717, 1.165) is 5.69 Å². The lowest BCUT2D eigenvalue weighted by molar-refractivity contribution is 0.191. The van der Waals surface area contributed by atoms with Gasteiger partial charge in [-0.1, -0.05) is 16.8 Å². The molecule has 1 saturated heterocycles. The molecule has 0 bridgehead atoms. The third-order valence-electron chi connectivity index (χ3n) is 3.51. The minimum Gasteiger partial charge on any atom is -0.391 e. The lowest BCUT2D eigenvalue weighted by atomic mass is 10.1. The van der Waals surface area contributed by atoms with Crippen LogP contribution in [0.4, 0.5) is 5.69 Å². The maximum absolute atomic E-state index is 9.95. The number of anilines is 1. The van der Waals surface area contributed by atoms with Crippen molar-refractivity contribution in [3.05, 3.63) is 40.5 Å². The number of nitriles is 1. The second kappa shape index (κ2) is 5.35. The van der Waals surface area contributed by atoms with Crippen LogP contribution in [0.2, 0.25) is 5.02 Å². The monoisotopic (exact) mass is 304 g/mol. The zero-order chi connectivity index (χ0) is 15.0. The summed E-state index contributed by atoms with van der Waals surface area (Å²) in [6.45, 7) is 2.20. The lowest BCUT2D eigenvalue weighted by Crippen LogP contribution is -2.24. The Bertz CT molecular complexity index is 709. The van der Waals surface area contributed by atoms with Gasteiger partial charge < -0.3 is 14.5 Å². The Balaban J connectivity index is 1.96. The van der Waals surface area contributed by atoms with Crippen molar-refractivity contribution in [2.75, 3.05) is 11.4 Å². The summed E-state index contributed by atoms with van der Waals surface area (Å²) < 4.78 is 5.22. The Morgan fingerprint density at radius 2 is 2.33 bits per heavy atom. The summed E-state index contributed by atoms with van der Waals surface area (Å²) in [5.74, 6) is 1.04. The molecule has 21 heavy (non-hydrogen) atoms. The molecule has 2 atom stereocenters. The molecule has 0 spiro atoms. The van der Waals surface area contributed by atoms with E-state index in [4.69, 9.17) is 21.4 Å². The smallest absolute Gasteiger partial charge is 0.249 e. The van der Waals surface area contributed by atoms with Crippen molar-refractivity contribution in [1.82, 2.24) is 10.1 Å². The van der Waals surface area contributed by atoms with Gasteiger partial charge in [0, 0.05) is 18.7 Å². The average Bonchev–Trinajstić information content (AvgIpc) is 3.04. The van der Waals surface area contributed by atoms with E-state index < -0.39 is 6.10 Å². The van der Waals surface area contributed by atoms with E-state index in [9.17, 15) is 5.11 Å². The van der Waals surface area contributed by atoms with Crippen LogP contribution in [0.1, 0.15) is 29.7 Å². The number of benzene rings is 1. The Morgan fingerprint density at radius 1 is 1.52 bits per heavy atom. The molecule has 3 rings (SSSR count).